The smallest absolute Gasteiger partial charge is 0.317 e. The van der Waals surface area contributed by atoms with Gasteiger partial charge in [-0.3, -0.25) is 0 Å². The second-order valence-corrected chi connectivity index (χ2v) is 3.63. The highest BCUT2D eigenvalue weighted by atomic mass is 16.5. The Labute approximate surface area is 95.2 Å². The second-order valence-electron chi connectivity index (χ2n) is 3.63. The van der Waals surface area contributed by atoms with E-state index in [1.165, 1.54) is 4.90 Å². The first-order chi connectivity index (χ1) is 7.54. The van der Waals surface area contributed by atoms with Crippen LogP contribution in [0, 0.1) is 0 Å². The first kappa shape index (κ1) is 12.2. The third-order valence-corrected chi connectivity index (χ3v) is 2.14. The summed E-state index contributed by atoms with van der Waals surface area (Å²) in [7, 11) is 4.95. The average Bonchev–Trinajstić information content (AvgIpc) is 2.25. The summed E-state index contributed by atoms with van der Waals surface area (Å²) in [5.41, 5.74) is 7.26. The fourth-order valence-electron chi connectivity index (χ4n) is 1.23. The van der Waals surface area contributed by atoms with Crippen molar-refractivity contribution in [2.24, 2.45) is 0 Å². The number of amides is 2. The van der Waals surface area contributed by atoms with Crippen molar-refractivity contribution in [1.29, 1.82) is 0 Å². The van der Waals surface area contributed by atoms with Gasteiger partial charge < -0.3 is 20.7 Å². The molecule has 0 heterocycles. The maximum Gasteiger partial charge on any atom is 0.317 e. The van der Waals surface area contributed by atoms with Crippen LogP contribution < -0.4 is 15.8 Å². The predicted molar refractivity (Wildman–Crippen MR) is 63.3 cm³/mol. The van der Waals surface area contributed by atoms with E-state index in [1.807, 2.05) is 6.07 Å². The van der Waals surface area contributed by atoms with Gasteiger partial charge in [0.25, 0.3) is 0 Å². The van der Waals surface area contributed by atoms with Crippen LogP contribution in [0.25, 0.3) is 0 Å². The minimum absolute atomic E-state index is 0.130. The Morgan fingerprint density at radius 1 is 1.50 bits per heavy atom. The Bertz CT molecular complexity index is 377. The van der Waals surface area contributed by atoms with E-state index in [-0.39, 0.29) is 6.03 Å². The first-order valence-corrected chi connectivity index (χ1v) is 4.92. The van der Waals surface area contributed by atoms with Crippen molar-refractivity contribution in [2.75, 3.05) is 26.9 Å². The molecule has 0 unspecified atom stereocenters. The number of anilines is 1. The first-order valence-electron chi connectivity index (χ1n) is 4.92. The van der Waals surface area contributed by atoms with E-state index in [2.05, 4.69) is 5.32 Å². The molecular formula is C11H17N3O2. The predicted octanol–water partition coefficient (Wildman–Crippen LogP) is 1.05. The molecule has 1 aromatic carbocycles. The highest BCUT2D eigenvalue weighted by Gasteiger charge is 2.04. The van der Waals surface area contributed by atoms with E-state index in [4.69, 9.17) is 10.5 Å². The number of methoxy groups -OCH3 is 1. The molecule has 0 atom stereocenters. The third-order valence-electron chi connectivity index (χ3n) is 2.14. The number of nitrogens with two attached hydrogens (primary N) is 1. The summed E-state index contributed by atoms with van der Waals surface area (Å²) in [6.07, 6.45) is 0. The van der Waals surface area contributed by atoms with Crippen LogP contribution in [0.3, 0.4) is 0 Å². The summed E-state index contributed by atoms with van der Waals surface area (Å²) >= 11 is 0. The fourth-order valence-corrected chi connectivity index (χ4v) is 1.23. The van der Waals surface area contributed by atoms with Crippen molar-refractivity contribution in [3.05, 3.63) is 23.8 Å². The minimum Gasteiger partial charge on any atom is -0.495 e. The molecule has 5 nitrogen and oxygen atoms in total. The Morgan fingerprint density at radius 2 is 2.19 bits per heavy atom. The van der Waals surface area contributed by atoms with E-state index in [1.54, 1.807) is 33.3 Å². The summed E-state index contributed by atoms with van der Waals surface area (Å²) < 4.78 is 5.04. The van der Waals surface area contributed by atoms with Crippen LogP contribution in [-0.4, -0.2) is 32.1 Å². The van der Waals surface area contributed by atoms with E-state index < -0.39 is 0 Å². The van der Waals surface area contributed by atoms with Crippen LogP contribution in [0.5, 0.6) is 5.75 Å². The quantitative estimate of drug-likeness (QED) is 0.753. The average molecular weight is 223 g/mol. The SMILES string of the molecule is COc1ccc(CNC(=O)N(C)C)cc1N. The molecule has 0 aliphatic carbocycles. The van der Waals surface area contributed by atoms with Crippen molar-refractivity contribution in [1.82, 2.24) is 10.2 Å². The Balaban J connectivity index is 2.62. The zero-order valence-corrected chi connectivity index (χ0v) is 9.78. The molecular weight excluding hydrogens is 206 g/mol. The Hall–Kier alpha value is -1.91. The molecule has 16 heavy (non-hydrogen) atoms. The Kier molecular flexibility index (Phi) is 3.99. The molecule has 5 heteroatoms. The molecule has 3 N–H and O–H groups in total. The number of rotatable bonds is 3. The largest absolute Gasteiger partial charge is 0.495 e. The number of carbonyl (C=O) groups excluding carboxylic acids is 1. The van der Waals surface area contributed by atoms with Crippen molar-refractivity contribution in [3.8, 4) is 5.75 Å². The van der Waals surface area contributed by atoms with Gasteiger partial charge >= 0.3 is 6.03 Å². The summed E-state index contributed by atoms with van der Waals surface area (Å²) in [4.78, 5) is 12.8. The van der Waals surface area contributed by atoms with E-state index in [0.29, 0.717) is 18.0 Å². The molecule has 2 amide bonds. The van der Waals surface area contributed by atoms with Gasteiger partial charge in [0.15, 0.2) is 0 Å². The van der Waals surface area contributed by atoms with Crippen LogP contribution in [0.15, 0.2) is 18.2 Å². The molecule has 0 aromatic heterocycles. The molecule has 0 aliphatic rings. The zero-order valence-electron chi connectivity index (χ0n) is 9.78. The molecule has 0 spiro atoms. The van der Waals surface area contributed by atoms with Gasteiger partial charge in [-0.15, -0.1) is 0 Å². The van der Waals surface area contributed by atoms with Gasteiger partial charge in [0, 0.05) is 20.6 Å². The summed E-state index contributed by atoms with van der Waals surface area (Å²) in [5, 5.41) is 2.75. The van der Waals surface area contributed by atoms with Gasteiger partial charge in [0.05, 0.1) is 12.8 Å². The zero-order chi connectivity index (χ0) is 12.1. The summed E-state index contributed by atoms with van der Waals surface area (Å²) in [6.45, 7) is 0.450. The van der Waals surface area contributed by atoms with Crippen molar-refractivity contribution in [3.63, 3.8) is 0 Å². The van der Waals surface area contributed by atoms with Crippen LogP contribution in [0.1, 0.15) is 5.56 Å². The lowest BCUT2D eigenvalue weighted by Gasteiger charge is -2.12. The van der Waals surface area contributed by atoms with Gasteiger partial charge in [-0.05, 0) is 17.7 Å². The van der Waals surface area contributed by atoms with Crippen LogP contribution in [0.4, 0.5) is 10.5 Å². The molecule has 0 bridgehead atoms. The van der Waals surface area contributed by atoms with Gasteiger partial charge in [0.1, 0.15) is 5.75 Å². The highest BCUT2D eigenvalue weighted by molar-refractivity contribution is 5.73. The maximum absolute atomic E-state index is 11.3. The number of ether oxygens (including phenoxy) is 1. The van der Waals surface area contributed by atoms with E-state index >= 15 is 0 Å². The van der Waals surface area contributed by atoms with Crippen molar-refractivity contribution >= 4 is 11.7 Å². The third kappa shape index (κ3) is 3.05. The number of hydrogen-bond acceptors (Lipinski definition) is 3. The number of hydrogen-bond donors (Lipinski definition) is 2. The fraction of sp³-hybridized carbons (Fsp3) is 0.364. The standard InChI is InChI=1S/C11H17N3O2/c1-14(2)11(15)13-7-8-4-5-10(16-3)9(12)6-8/h4-6H,7,12H2,1-3H3,(H,13,15). The summed E-state index contributed by atoms with van der Waals surface area (Å²) in [5.74, 6) is 0.641. The Morgan fingerprint density at radius 3 is 2.69 bits per heavy atom. The molecule has 1 rings (SSSR count). The minimum atomic E-state index is -0.130. The number of carbonyl (C=O) groups is 1. The number of nitrogens with one attached hydrogen (secondary N) is 1. The van der Waals surface area contributed by atoms with Crippen LogP contribution in [0.2, 0.25) is 0 Å². The number of nitrogens with zero attached hydrogens (tertiary/aromatic N) is 1. The van der Waals surface area contributed by atoms with Gasteiger partial charge in [-0.25, -0.2) is 4.79 Å². The second kappa shape index (κ2) is 5.25. The van der Waals surface area contributed by atoms with Crippen LogP contribution >= 0.6 is 0 Å². The lowest BCUT2D eigenvalue weighted by molar-refractivity contribution is 0.217. The van der Waals surface area contributed by atoms with E-state index in [0.717, 1.165) is 5.56 Å². The van der Waals surface area contributed by atoms with Crippen molar-refractivity contribution in [2.45, 2.75) is 6.54 Å². The van der Waals surface area contributed by atoms with Crippen LogP contribution in [-0.2, 0) is 6.54 Å². The number of benzene rings is 1. The van der Waals surface area contributed by atoms with E-state index in [9.17, 15) is 4.79 Å². The van der Waals surface area contributed by atoms with Crippen molar-refractivity contribution < 1.29 is 9.53 Å². The molecule has 0 aliphatic heterocycles. The monoisotopic (exact) mass is 223 g/mol. The lowest BCUT2D eigenvalue weighted by Crippen LogP contribution is -2.33. The number of urea groups is 1. The van der Waals surface area contributed by atoms with Gasteiger partial charge in [0.2, 0.25) is 0 Å². The summed E-state index contributed by atoms with van der Waals surface area (Å²) in [6, 6.07) is 5.31. The lowest BCUT2D eigenvalue weighted by atomic mass is 10.2. The normalized spacial score (nSPS) is 9.69. The maximum atomic E-state index is 11.3. The highest BCUT2D eigenvalue weighted by Crippen LogP contribution is 2.21. The molecule has 0 radical (unpaired) electrons. The molecule has 0 fully saturated rings. The molecule has 88 valence electrons. The number of nitrogen functional groups attached to an aromatic ring is 1. The topological polar surface area (TPSA) is 67.6 Å². The van der Waals surface area contributed by atoms with Gasteiger partial charge in [-0.1, -0.05) is 6.07 Å². The molecule has 1 aromatic rings. The molecule has 0 saturated carbocycles. The van der Waals surface area contributed by atoms with Gasteiger partial charge in [-0.2, -0.15) is 0 Å². The molecule has 0 saturated heterocycles.